The largest absolute Gasteiger partial charge is 0.489 e. The topological polar surface area (TPSA) is 69.0 Å². The molecule has 0 aliphatic heterocycles. The van der Waals surface area contributed by atoms with Gasteiger partial charge in [0.25, 0.3) is 5.91 Å². The lowest BCUT2D eigenvalue weighted by atomic mass is 10.2. The summed E-state index contributed by atoms with van der Waals surface area (Å²) in [5, 5.41) is 12.3. The maximum atomic E-state index is 12.7. The van der Waals surface area contributed by atoms with Crippen LogP contribution in [0.5, 0.6) is 5.75 Å². The number of carbonyl (C=O) groups is 1. The van der Waals surface area contributed by atoms with Gasteiger partial charge in [-0.2, -0.15) is 5.10 Å². The first kappa shape index (κ1) is 21.5. The van der Waals surface area contributed by atoms with E-state index in [1.165, 1.54) is 22.7 Å². The molecule has 31 heavy (non-hydrogen) atoms. The molecule has 9 heteroatoms. The Kier molecular flexibility index (Phi) is 6.41. The number of ether oxygens (including phenoxy) is 1. The molecule has 0 spiro atoms. The summed E-state index contributed by atoms with van der Waals surface area (Å²) in [6, 6.07) is 7.35. The van der Waals surface area contributed by atoms with Gasteiger partial charge in [0.15, 0.2) is 5.13 Å². The summed E-state index contributed by atoms with van der Waals surface area (Å²) >= 11 is 8.76. The average Bonchev–Trinajstić information content (AvgIpc) is 3.47. The second-order valence-electron chi connectivity index (χ2n) is 6.97. The van der Waals surface area contributed by atoms with Crippen LogP contribution >= 0.6 is 34.3 Å². The van der Waals surface area contributed by atoms with E-state index in [-0.39, 0.29) is 5.91 Å². The smallest absolute Gasteiger partial charge is 0.267 e. The first-order valence-corrected chi connectivity index (χ1v) is 11.8. The number of carbonyl (C=O) groups excluding carboxylic acids is 1. The molecule has 160 valence electrons. The Hall–Kier alpha value is -2.68. The summed E-state index contributed by atoms with van der Waals surface area (Å²) in [7, 11) is 0. The fourth-order valence-corrected chi connectivity index (χ4v) is 4.86. The summed E-state index contributed by atoms with van der Waals surface area (Å²) in [5.41, 5.74) is 4.76. The molecule has 0 saturated carbocycles. The molecule has 3 heterocycles. The molecule has 1 amide bonds. The number of amides is 1. The summed E-state index contributed by atoms with van der Waals surface area (Å²) in [5.74, 6) is 0.597. The van der Waals surface area contributed by atoms with Crippen LogP contribution in [0.4, 0.5) is 5.13 Å². The van der Waals surface area contributed by atoms with Gasteiger partial charge in [0.05, 0.1) is 16.8 Å². The van der Waals surface area contributed by atoms with Crippen molar-refractivity contribution in [3.05, 3.63) is 67.9 Å². The maximum absolute atomic E-state index is 12.7. The Morgan fingerprint density at radius 2 is 2.06 bits per heavy atom. The van der Waals surface area contributed by atoms with Crippen molar-refractivity contribution in [2.75, 3.05) is 5.32 Å². The number of hydrogen-bond acceptors (Lipinski definition) is 6. The zero-order valence-electron chi connectivity index (χ0n) is 17.3. The van der Waals surface area contributed by atoms with E-state index in [1.807, 2.05) is 60.6 Å². The van der Waals surface area contributed by atoms with Gasteiger partial charge in [-0.1, -0.05) is 11.6 Å². The number of nitrogens with zero attached hydrogens (tertiary/aromatic N) is 3. The van der Waals surface area contributed by atoms with Crippen LogP contribution in [0.15, 0.2) is 41.2 Å². The lowest BCUT2D eigenvalue weighted by Crippen LogP contribution is -2.10. The highest BCUT2D eigenvalue weighted by Gasteiger charge is 2.15. The molecule has 0 fully saturated rings. The van der Waals surface area contributed by atoms with Crippen molar-refractivity contribution in [3.63, 3.8) is 0 Å². The van der Waals surface area contributed by atoms with Gasteiger partial charge in [-0.25, -0.2) is 4.98 Å². The first-order chi connectivity index (χ1) is 14.9. The highest BCUT2D eigenvalue weighted by molar-refractivity contribution is 7.14. The minimum atomic E-state index is -0.180. The monoisotopic (exact) mass is 472 g/mol. The van der Waals surface area contributed by atoms with Gasteiger partial charge in [-0.05, 0) is 56.0 Å². The number of aromatic nitrogens is 3. The second-order valence-corrected chi connectivity index (χ2v) is 9.17. The van der Waals surface area contributed by atoms with Gasteiger partial charge in [0.1, 0.15) is 12.4 Å². The van der Waals surface area contributed by atoms with Crippen molar-refractivity contribution in [2.24, 2.45) is 0 Å². The lowest BCUT2D eigenvalue weighted by Gasteiger charge is -2.08. The number of thiazole rings is 1. The third-order valence-electron chi connectivity index (χ3n) is 4.81. The molecule has 0 aliphatic rings. The molecule has 1 aromatic carbocycles. The maximum Gasteiger partial charge on any atom is 0.267 e. The van der Waals surface area contributed by atoms with Crippen molar-refractivity contribution in [1.82, 2.24) is 14.8 Å². The number of aryl methyl sites for hydroxylation is 2. The van der Waals surface area contributed by atoms with Crippen LogP contribution in [0.3, 0.4) is 0 Å². The number of thiophene rings is 1. The summed E-state index contributed by atoms with van der Waals surface area (Å²) in [4.78, 5) is 17.8. The third-order valence-corrected chi connectivity index (χ3v) is 6.78. The van der Waals surface area contributed by atoms with Crippen molar-refractivity contribution in [1.29, 1.82) is 0 Å². The quantitative estimate of drug-likeness (QED) is 0.348. The molecule has 4 rings (SSSR count). The fraction of sp³-hybridized carbons (Fsp3) is 0.227. The van der Waals surface area contributed by atoms with E-state index in [4.69, 9.17) is 16.3 Å². The van der Waals surface area contributed by atoms with Gasteiger partial charge >= 0.3 is 0 Å². The average molecular weight is 473 g/mol. The molecule has 0 bridgehead atoms. The zero-order chi connectivity index (χ0) is 22.0. The normalized spacial score (nSPS) is 11.0. The van der Waals surface area contributed by atoms with Crippen LogP contribution in [0, 0.1) is 13.8 Å². The highest BCUT2D eigenvalue weighted by atomic mass is 35.5. The number of hydrogen-bond donors (Lipinski definition) is 1. The Morgan fingerprint density at radius 1 is 1.23 bits per heavy atom. The van der Waals surface area contributed by atoms with Gasteiger partial charge in [-0.3, -0.25) is 14.8 Å². The van der Waals surface area contributed by atoms with Crippen LogP contribution in [0.1, 0.15) is 33.4 Å². The van der Waals surface area contributed by atoms with E-state index in [9.17, 15) is 4.79 Å². The molecule has 0 radical (unpaired) electrons. The third kappa shape index (κ3) is 4.81. The SMILES string of the molecule is CCn1ncc(-c2csc(NC(=O)c3cc(COc4ccc(Cl)cc4C)cs3)n2)c1C. The Labute approximate surface area is 193 Å². The predicted octanol–water partition coefficient (Wildman–Crippen LogP) is 6.19. The minimum Gasteiger partial charge on any atom is -0.489 e. The van der Waals surface area contributed by atoms with Crippen LogP contribution in [0.2, 0.25) is 5.02 Å². The van der Waals surface area contributed by atoms with Gasteiger partial charge in [0.2, 0.25) is 0 Å². The number of nitrogens with one attached hydrogen (secondary N) is 1. The molecule has 0 atom stereocenters. The molecule has 0 unspecified atom stereocenters. The molecule has 6 nitrogen and oxygen atoms in total. The number of anilines is 1. The Balaban J connectivity index is 1.39. The summed E-state index contributed by atoms with van der Waals surface area (Å²) in [6.07, 6.45) is 1.81. The first-order valence-electron chi connectivity index (χ1n) is 9.70. The Bertz CT molecular complexity index is 1230. The van der Waals surface area contributed by atoms with Crippen LogP contribution in [0.25, 0.3) is 11.3 Å². The fourth-order valence-electron chi connectivity index (χ4n) is 3.14. The number of halogens is 1. The van der Waals surface area contributed by atoms with Crippen molar-refractivity contribution in [2.45, 2.75) is 33.9 Å². The van der Waals surface area contributed by atoms with Gasteiger partial charge < -0.3 is 4.74 Å². The second kappa shape index (κ2) is 9.21. The van der Waals surface area contributed by atoms with E-state index in [0.717, 1.165) is 40.4 Å². The lowest BCUT2D eigenvalue weighted by molar-refractivity contribution is 0.103. The highest BCUT2D eigenvalue weighted by Crippen LogP contribution is 2.28. The molecular weight excluding hydrogens is 452 g/mol. The number of benzene rings is 1. The summed E-state index contributed by atoms with van der Waals surface area (Å²) < 4.78 is 7.79. The number of rotatable bonds is 7. The van der Waals surface area contributed by atoms with Crippen LogP contribution in [-0.2, 0) is 13.2 Å². The zero-order valence-corrected chi connectivity index (χ0v) is 19.7. The molecule has 0 saturated heterocycles. The molecule has 3 aromatic heterocycles. The summed E-state index contributed by atoms with van der Waals surface area (Å²) in [6.45, 7) is 7.21. The molecule has 0 aliphatic carbocycles. The standard InChI is InChI=1S/C22H21ClN4O2S2/c1-4-27-14(3)17(9-24-27)18-12-31-22(25-18)26-21(28)20-8-15(11-30-20)10-29-19-6-5-16(23)7-13(19)2/h5-9,11-12H,4,10H2,1-3H3,(H,25,26,28). The molecular formula is C22H21ClN4O2S2. The van der Waals surface area contributed by atoms with Crippen molar-refractivity contribution < 1.29 is 9.53 Å². The van der Waals surface area contributed by atoms with Crippen LogP contribution in [-0.4, -0.2) is 20.7 Å². The van der Waals surface area contributed by atoms with Crippen molar-refractivity contribution in [3.8, 4) is 17.0 Å². The molecule has 4 aromatic rings. The van der Waals surface area contributed by atoms with Crippen molar-refractivity contribution >= 4 is 45.3 Å². The minimum absolute atomic E-state index is 0.180. The predicted molar refractivity (Wildman–Crippen MR) is 127 cm³/mol. The van der Waals surface area contributed by atoms with E-state index < -0.39 is 0 Å². The van der Waals surface area contributed by atoms with E-state index in [0.29, 0.717) is 21.6 Å². The van der Waals surface area contributed by atoms with E-state index in [2.05, 4.69) is 15.4 Å². The Morgan fingerprint density at radius 3 is 2.81 bits per heavy atom. The van der Waals surface area contributed by atoms with E-state index >= 15 is 0 Å². The molecule has 1 N–H and O–H groups in total. The van der Waals surface area contributed by atoms with Gasteiger partial charge in [-0.15, -0.1) is 22.7 Å². The van der Waals surface area contributed by atoms with Gasteiger partial charge in [0, 0.05) is 33.8 Å². The van der Waals surface area contributed by atoms with E-state index in [1.54, 1.807) is 6.07 Å². The van der Waals surface area contributed by atoms with Crippen LogP contribution < -0.4 is 10.1 Å².